The predicted octanol–water partition coefficient (Wildman–Crippen LogP) is 3.86. The Morgan fingerprint density at radius 1 is 1.15 bits per heavy atom. The summed E-state index contributed by atoms with van der Waals surface area (Å²) in [4.78, 5) is 12.3. The highest BCUT2D eigenvalue weighted by molar-refractivity contribution is 5.91. The van der Waals surface area contributed by atoms with Crippen molar-refractivity contribution in [2.24, 2.45) is 0 Å². The van der Waals surface area contributed by atoms with E-state index in [9.17, 15) is 9.90 Å². The molecule has 1 aromatic heterocycles. The summed E-state index contributed by atoms with van der Waals surface area (Å²) in [6.45, 7) is 5.98. The second-order valence-corrected chi connectivity index (χ2v) is 6.52. The van der Waals surface area contributed by atoms with Crippen LogP contribution in [0.3, 0.4) is 0 Å². The molecule has 1 atom stereocenters. The largest absolute Gasteiger partial charge is 0.388 e. The van der Waals surface area contributed by atoms with Crippen molar-refractivity contribution in [3.05, 3.63) is 77.1 Å². The van der Waals surface area contributed by atoms with E-state index in [1.54, 1.807) is 6.20 Å². The summed E-state index contributed by atoms with van der Waals surface area (Å²) in [5, 5.41) is 17.5. The van der Waals surface area contributed by atoms with Crippen LogP contribution in [0.2, 0.25) is 0 Å². The van der Waals surface area contributed by atoms with Gasteiger partial charge >= 0.3 is 0 Å². The Hall–Kier alpha value is -2.92. The number of nitrogens with one attached hydrogen (secondary N) is 1. The molecule has 2 aromatic carbocycles. The summed E-state index contributed by atoms with van der Waals surface area (Å²) >= 11 is 0. The fourth-order valence-electron chi connectivity index (χ4n) is 2.89. The molecule has 1 amide bonds. The Balaban J connectivity index is 1.74. The number of anilines is 1. The van der Waals surface area contributed by atoms with Gasteiger partial charge in [-0.15, -0.1) is 0 Å². The minimum Gasteiger partial charge on any atom is -0.388 e. The number of carbonyl (C=O) groups is 1. The molecular formula is C21H23N3O2. The zero-order valence-electron chi connectivity index (χ0n) is 15.2. The van der Waals surface area contributed by atoms with Crippen molar-refractivity contribution in [1.82, 2.24) is 9.78 Å². The van der Waals surface area contributed by atoms with Crippen LogP contribution in [-0.4, -0.2) is 20.8 Å². The van der Waals surface area contributed by atoms with Crippen molar-refractivity contribution in [2.75, 3.05) is 5.32 Å². The van der Waals surface area contributed by atoms with Crippen molar-refractivity contribution in [3.63, 3.8) is 0 Å². The van der Waals surface area contributed by atoms with Gasteiger partial charge in [-0.05, 0) is 43.5 Å². The Kier molecular flexibility index (Phi) is 5.19. The van der Waals surface area contributed by atoms with Crippen LogP contribution in [0, 0.1) is 20.8 Å². The van der Waals surface area contributed by atoms with E-state index < -0.39 is 6.10 Å². The van der Waals surface area contributed by atoms with Gasteiger partial charge in [0.05, 0.1) is 35.8 Å². The van der Waals surface area contributed by atoms with E-state index in [2.05, 4.69) is 28.6 Å². The van der Waals surface area contributed by atoms with Gasteiger partial charge < -0.3 is 10.4 Å². The van der Waals surface area contributed by atoms with Crippen LogP contribution < -0.4 is 5.32 Å². The zero-order valence-corrected chi connectivity index (χ0v) is 15.2. The molecule has 0 spiro atoms. The van der Waals surface area contributed by atoms with Crippen LogP contribution in [0.4, 0.5) is 5.69 Å². The van der Waals surface area contributed by atoms with Crippen molar-refractivity contribution in [3.8, 4) is 5.69 Å². The zero-order chi connectivity index (χ0) is 18.7. The lowest BCUT2D eigenvalue weighted by Crippen LogP contribution is -2.16. The second-order valence-electron chi connectivity index (χ2n) is 6.52. The molecule has 1 unspecified atom stereocenters. The average Bonchev–Trinajstić information content (AvgIpc) is 2.98. The summed E-state index contributed by atoms with van der Waals surface area (Å²) in [5.74, 6) is -0.245. The highest BCUT2D eigenvalue weighted by Crippen LogP contribution is 2.23. The number of aromatic nitrogens is 2. The summed E-state index contributed by atoms with van der Waals surface area (Å²) in [7, 11) is 0. The number of amides is 1. The molecule has 0 fully saturated rings. The lowest BCUT2D eigenvalue weighted by molar-refractivity contribution is -0.118. The highest BCUT2D eigenvalue weighted by atomic mass is 16.3. The Bertz CT molecular complexity index is 916. The molecule has 5 heteroatoms. The first-order valence-electron chi connectivity index (χ1n) is 8.61. The van der Waals surface area contributed by atoms with E-state index in [4.69, 9.17) is 0 Å². The smallest absolute Gasteiger partial charge is 0.227 e. The first-order valence-corrected chi connectivity index (χ1v) is 8.61. The minimum absolute atomic E-state index is 0.00188. The molecule has 0 aliphatic rings. The first-order chi connectivity index (χ1) is 12.5. The van der Waals surface area contributed by atoms with Crippen molar-refractivity contribution >= 4 is 11.6 Å². The van der Waals surface area contributed by atoms with E-state index in [1.807, 2.05) is 55.8 Å². The molecule has 1 heterocycles. The maximum Gasteiger partial charge on any atom is 0.227 e. The van der Waals surface area contributed by atoms with Crippen LogP contribution in [0.25, 0.3) is 5.69 Å². The van der Waals surface area contributed by atoms with E-state index in [0.29, 0.717) is 5.69 Å². The molecule has 3 rings (SSSR count). The van der Waals surface area contributed by atoms with Gasteiger partial charge in [-0.3, -0.25) is 4.79 Å². The third-order valence-electron chi connectivity index (χ3n) is 4.44. The molecule has 2 N–H and O–H groups in total. The number of aryl methyl sites for hydroxylation is 2. The lowest BCUT2D eigenvalue weighted by Gasteiger charge is -2.12. The maximum absolute atomic E-state index is 12.3. The molecule has 5 nitrogen and oxygen atoms in total. The van der Waals surface area contributed by atoms with Crippen molar-refractivity contribution in [2.45, 2.75) is 33.3 Å². The standard InChI is InChI=1S/C21H23N3O2/c1-14-9-10-15(2)19(11-14)24-16(3)18(13-22-24)23-21(26)12-20(25)17-7-5-4-6-8-17/h4-11,13,20,25H,12H2,1-3H3,(H,23,26). The van der Waals surface area contributed by atoms with Gasteiger partial charge in [0.25, 0.3) is 0 Å². The quantitative estimate of drug-likeness (QED) is 0.735. The Labute approximate surface area is 153 Å². The van der Waals surface area contributed by atoms with Gasteiger partial charge in [-0.25, -0.2) is 4.68 Å². The van der Waals surface area contributed by atoms with Crippen molar-refractivity contribution in [1.29, 1.82) is 0 Å². The minimum atomic E-state index is -0.828. The van der Waals surface area contributed by atoms with Crippen LogP contribution in [-0.2, 0) is 4.79 Å². The predicted molar refractivity (Wildman–Crippen MR) is 102 cm³/mol. The molecule has 26 heavy (non-hydrogen) atoms. The summed E-state index contributed by atoms with van der Waals surface area (Å²) in [6, 6.07) is 15.4. The fraction of sp³-hybridized carbons (Fsp3) is 0.238. The van der Waals surface area contributed by atoms with Gasteiger partial charge in [-0.1, -0.05) is 42.5 Å². The molecule has 0 saturated carbocycles. The molecular weight excluding hydrogens is 326 g/mol. The second kappa shape index (κ2) is 7.54. The third kappa shape index (κ3) is 3.83. The van der Waals surface area contributed by atoms with Gasteiger partial charge in [0.2, 0.25) is 5.91 Å². The number of benzene rings is 2. The SMILES string of the molecule is Cc1ccc(C)c(-n2ncc(NC(=O)CC(O)c3ccccc3)c2C)c1. The summed E-state index contributed by atoms with van der Waals surface area (Å²) < 4.78 is 1.82. The summed E-state index contributed by atoms with van der Waals surface area (Å²) in [6.07, 6.45) is 0.813. The number of aliphatic hydroxyl groups is 1. The topological polar surface area (TPSA) is 67.2 Å². The molecule has 134 valence electrons. The molecule has 0 aliphatic carbocycles. The van der Waals surface area contributed by atoms with Crippen LogP contribution >= 0.6 is 0 Å². The summed E-state index contributed by atoms with van der Waals surface area (Å²) in [5.41, 5.74) is 5.48. The van der Waals surface area contributed by atoms with Crippen LogP contribution in [0.15, 0.2) is 54.7 Å². The average molecular weight is 349 g/mol. The molecule has 0 aliphatic heterocycles. The number of carbonyl (C=O) groups excluding carboxylic acids is 1. The molecule has 0 bridgehead atoms. The van der Waals surface area contributed by atoms with Crippen molar-refractivity contribution < 1.29 is 9.90 Å². The number of hydrogen-bond donors (Lipinski definition) is 2. The lowest BCUT2D eigenvalue weighted by atomic mass is 10.1. The van der Waals surface area contributed by atoms with Gasteiger partial charge in [-0.2, -0.15) is 5.10 Å². The fourth-order valence-corrected chi connectivity index (χ4v) is 2.89. The normalized spacial score (nSPS) is 12.0. The Morgan fingerprint density at radius 2 is 1.88 bits per heavy atom. The monoisotopic (exact) mass is 349 g/mol. The van der Waals surface area contributed by atoms with Gasteiger partial charge in [0, 0.05) is 0 Å². The number of rotatable bonds is 5. The highest BCUT2D eigenvalue weighted by Gasteiger charge is 2.16. The van der Waals surface area contributed by atoms with E-state index in [1.165, 1.54) is 0 Å². The van der Waals surface area contributed by atoms with Crippen LogP contribution in [0.5, 0.6) is 0 Å². The first kappa shape index (κ1) is 17.9. The van der Waals surface area contributed by atoms with E-state index >= 15 is 0 Å². The third-order valence-corrected chi connectivity index (χ3v) is 4.44. The van der Waals surface area contributed by atoms with Gasteiger partial charge in [0.1, 0.15) is 0 Å². The molecule has 0 radical (unpaired) electrons. The Morgan fingerprint density at radius 3 is 2.62 bits per heavy atom. The molecule has 3 aromatic rings. The van der Waals surface area contributed by atoms with Crippen LogP contribution in [0.1, 0.15) is 34.9 Å². The van der Waals surface area contributed by atoms with E-state index in [0.717, 1.165) is 28.1 Å². The van der Waals surface area contributed by atoms with Gasteiger partial charge in [0.15, 0.2) is 0 Å². The van der Waals surface area contributed by atoms with E-state index in [-0.39, 0.29) is 12.3 Å². The number of nitrogens with zero attached hydrogens (tertiary/aromatic N) is 2. The number of aliphatic hydroxyl groups excluding tert-OH is 1. The maximum atomic E-state index is 12.3. The molecule has 0 saturated heterocycles. The number of hydrogen-bond acceptors (Lipinski definition) is 3.